The van der Waals surface area contributed by atoms with Crippen molar-refractivity contribution in [1.29, 1.82) is 0 Å². The van der Waals surface area contributed by atoms with E-state index in [1.54, 1.807) is 11.3 Å². The lowest BCUT2D eigenvalue weighted by atomic mass is 10.0. The minimum Gasteiger partial charge on any atom is -0.314 e. The molecular weight excluding hydrogens is 214 g/mol. The maximum absolute atomic E-state index is 3.70. The van der Waals surface area contributed by atoms with Crippen molar-refractivity contribution in [3.05, 3.63) is 22.4 Å². The lowest BCUT2D eigenvalue weighted by molar-refractivity contribution is 0.438. The molecule has 0 saturated heterocycles. The topological polar surface area (TPSA) is 12.0 Å². The molecule has 0 aliphatic heterocycles. The summed E-state index contributed by atoms with van der Waals surface area (Å²) in [6, 6.07) is 2.97. The van der Waals surface area contributed by atoms with Crippen molar-refractivity contribution < 1.29 is 0 Å². The molecule has 0 amide bonds. The second kappa shape index (κ2) is 8.77. The van der Waals surface area contributed by atoms with Gasteiger partial charge in [0.1, 0.15) is 0 Å². The summed E-state index contributed by atoms with van der Waals surface area (Å²) in [5.74, 6) is 0. The van der Waals surface area contributed by atoms with E-state index in [9.17, 15) is 0 Å². The van der Waals surface area contributed by atoms with Gasteiger partial charge < -0.3 is 5.32 Å². The van der Waals surface area contributed by atoms with Crippen molar-refractivity contribution in [3.63, 3.8) is 0 Å². The second-order valence-corrected chi connectivity index (χ2v) is 5.24. The maximum atomic E-state index is 3.70. The van der Waals surface area contributed by atoms with Crippen molar-refractivity contribution in [2.75, 3.05) is 6.54 Å². The van der Waals surface area contributed by atoms with E-state index >= 15 is 0 Å². The third kappa shape index (κ3) is 5.66. The first kappa shape index (κ1) is 13.7. The van der Waals surface area contributed by atoms with Crippen LogP contribution in [0.15, 0.2) is 16.8 Å². The highest BCUT2D eigenvalue weighted by Crippen LogP contribution is 2.08. The van der Waals surface area contributed by atoms with Gasteiger partial charge in [0.25, 0.3) is 0 Å². The number of hydrogen-bond acceptors (Lipinski definition) is 2. The third-order valence-electron chi connectivity index (χ3n) is 2.97. The van der Waals surface area contributed by atoms with Gasteiger partial charge in [-0.1, -0.05) is 33.1 Å². The van der Waals surface area contributed by atoms with Crippen LogP contribution >= 0.6 is 11.3 Å². The Bertz CT molecular complexity index is 243. The molecule has 0 spiro atoms. The number of rotatable bonds is 9. The Balaban J connectivity index is 2.15. The van der Waals surface area contributed by atoms with E-state index in [-0.39, 0.29) is 0 Å². The fraction of sp³-hybridized carbons (Fsp3) is 0.714. The fourth-order valence-corrected chi connectivity index (χ4v) is 2.71. The van der Waals surface area contributed by atoms with Gasteiger partial charge in [-0.25, -0.2) is 0 Å². The maximum Gasteiger partial charge on any atom is 0.00670 e. The molecule has 1 atom stereocenters. The van der Waals surface area contributed by atoms with Crippen LogP contribution in [-0.4, -0.2) is 12.6 Å². The highest BCUT2D eigenvalue weighted by atomic mass is 32.1. The molecule has 1 aromatic heterocycles. The van der Waals surface area contributed by atoms with E-state index in [1.807, 2.05) is 0 Å². The Morgan fingerprint density at radius 2 is 2.12 bits per heavy atom. The third-order valence-corrected chi connectivity index (χ3v) is 3.70. The standard InChI is InChI=1S/C14H25NS/c1-3-5-7-14(6-4-2)15-10-8-13-9-11-16-12-13/h9,11-12,14-15H,3-8,10H2,1-2H3. The molecule has 0 saturated carbocycles. The van der Waals surface area contributed by atoms with Crippen LogP contribution in [0.3, 0.4) is 0 Å². The highest BCUT2D eigenvalue weighted by molar-refractivity contribution is 7.07. The molecule has 2 heteroatoms. The van der Waals surface area contributed by atoms with E-state index in [4.69, 9.17) is 0 Å². The Labute approximate surface area is 104 Å². The zero-order valence-corrected chi connectivity index (χ0v) is 11.5. The monoisotopic (exact) mass is 239 g/mol. The van der Waals surface area contributed by atoms with Crippen LogP contribution in [0.25, 0.3) is 0 Å². The van der Waals surface area contributed by atoms with Crippen molar-refractivity contribution in [3.8, 4) is 0 Å². The highest BCUT2D eigenvalue weighted by Gasteiger charge is 2.05. The van der Waals surface area contributed by atoms with Crippen molar-refractivity contribution in [2.45, 2.75) is 58.4 Å². The van der Waals surface area contributed by atoms with E-state index in [1.165, 1.54) is 44.1 Å². The summed E-state index contributed by atoms with van der Waals surface area (Å²) in [7, 11) is 0. The molecule has 92 valence electrons. The Kier molecular flexibility index (Phi) is 7.52. The van der Waals surface area contributed by atoms with Gasteiger partial charge in [0.15, 0.2) is 0 Å². The van der Waals surface area contributed by atoms with Crippen LogP contribution < -0.4 is 5.32 Å². The summed E-state index contributed by atoms with van der Waals surface area (Å²) < 4.78 is 0. The van der Waals surface area contributed by atoms with E-state index in [0.717, 1.165) is 12.6 Å². The van der Waals surface area contributed by atoms with E-state index < -0.39 is 0 Å². The van der Waals surface area contributed by atoms with Crippen LogP contribution in [0.1, 0.15) is 51.5 Å². The molecule has 1 N–H and O–H groups in total. The molecule has 0 aliphatic carbocycles. The molecule has 1 unspecified atom stereocenters. The zero-order valence-electron chi connectivity index (χ0n) is 10.7. The lowest BCUT2D eigenvalue weighted by Gasteiger charge is -2.17. The molecule has 0 radical (unpaired) electrons. The lowest BCUT2D eigenvalue weighted by Crippen LogP contribution is -2.30. The summed E-state index contributed by atoms with van der Waals surface area (Å²) in [5.41, 5.74) is 1.48. The molecule has 1 nitrogen and oxygen atoms in total. The largest absolute Gasteiger partial charge is 0.314 e. The van der Waals surface area contributed by atoms with Gasteiger partial charge in [-0.05, 0) is 48.2 Å². The fourth-order valence-electron chi connectivity index (χ4n) is 2.00. The predicted octanol–water partition coefficient (Wildman–Crippen LogP) is 4.24. The van der Waals surface area contributed by atoms with Crippen LogP contribution in [0.5, 0.6) is 0 Å². The predicted molar refractivity (Wildman–Crippen MR) is 74.2 cm³/mol. The van der Waals surface area contributed by atoms with Crippen LogP contribution in [0, 0.1) is 0 Å². The first-order valence-electron chi connectivity index (χ1n) is 6.61. The molecule has 0 fully saturated rings. The molecular formula is C14H25NS. The number of hydrogen-bond donors (Lipinski definition) is 1. The van der Waals surface area contributed by atoms with Crippen LogP contribution in [-0.2, 0) is 6.42 Å². The van der Waals surface area contributed by atoms with Crippen molar-refractivity contribution in [2.24, 2.45) is 0 Å². The molecule has 0 bridgehead atoms. The summed E-state index contributed by atoms with van der Waals surface area (Å²) in [6.07, 6.45) is 7.80. The van der Waals surface area contributed by atoms with Gasteiger partial charge in [-0.3, -0.25) is 0 Å². The van der Waals surface area contributed by atoms with Crippen molar-refractivity contribution in [1.82, 2.24) is 5.32 Å². The molecule has 16 heavy (non-hydrogen) atoms. The summed E-state index contributed by atoms with van der Waals surface area (Å²) in [6.45, 7) is 5.68. The number of nitrogens with one attached hydrogen (secondary N) is 1. The molecule has 1 aromatic rings. The summed E-state index contributed by atoms with van der Waals surface area (Å²) in [5, 5.41) is 8.11. The van der Waals surface area contributed by atoms with Gasteiger partial charge in [-0.15, -0.1) is 0 Å². The van der Waals surface area contributed by atoms with E-state index in [0.29, 0.717) is 0 Å². The van der Waals surface area contributed by atoms with Crippen molar-refractivity contribution >= 4 is 11.3 Å². The molecule has 0 aromatic carbocycles. The quantitative estimate of drug-likeness (QED) is 0.679. The average molecular weight is 239 g/mol. The second-order valence-electron chi connectivity index (χ2n) is 4.46. The van der Waals surface area contributed by atoms with Gasteiger partial charge in [0.05, 0.1) is 0 Å². The Morgan fingerprint density at radius 3 is 2.75 bits per heavy atom. The number of unbranched alkanes of at least 4 members (excludes halogenated alkanes) is 1. The molecule has 0 aliphatic rings. The van der Waals surface area contributed by atoms with Crippen LogP contribution in [0.2, 0.25) is 0 Å². The summed E-state index contributed by atoms with van der Waals surface area (Å²) >= 11 is 1.79. The first-order valence-corrected chi connectivity index (χ1v) is 7.55. The molecule has 1 rings (SSSR count). The van der Waals surface area contributed by atoms with Crippen LogP contribution in [0.4, 0.5) is 0 Å². The SMILES string of the molecule is CCCCC(CCC)NCCc1ccsc1. The normalized spacial score (nSPS) is 12.9. The average Bonchev–Trinajstić information content (AvgIpc) is 2.79. The first-order chi connectivity index (χ1) is 7.86. The Hall–Kier alpha value is -0.340. The van der Waals surface area contributed by atoms with Gasteiger partial charge in [0.2, 0.25) is 0 Å². The molecule has 1 heterocycles. The minimum atomic E-state index is 0.739. The zero-order chi connectivity index (χ0) is 11.6. The van der Waals surface area contributed by atoms with Gasteiger partial charge in [0, 0.05) is 6.04 Å². The Morgan fingerprint density at radius 1 is 1.25 bits per heavy atom. The van der Waals surface area contributed by atoms with Gasteiger partial charge in [-0.2, -0.15) is 11.3 Å². The number of thiophene rings is 1. The smallest absolute Gasteiger partial charge is 0.00670 e. The summed E-state index contributed by atoms with van der Waals surface area (Å²) in [4.78, 5) is 0. The minimum absolute atomic E-state index is 0.739. The van der Waals surface area contributed by atoms with Gasteiger partial charge >= 0.3 is 0 Å². The van der Waals surface area contributed by atoms with E-state index in [2.05, 4.69) is 36.0 Å².